The standard InChI is InChI=1S/C32H32ClN5O7/c1-32(22-8-7-20(33)15-26(22)41-2)44-25-6-4-5-23(30(25)45-32)36-10-11-37(34-18-36)17-28-35-29-24(38(28)16-21-9-12-43-21)13-19(31(39)40)14-27(29)42-3/h4-8,13-15,18,21H,9-12,16-17H2,1-3H3,(H,39,40)/t21-,32?/m0/s1. The lowest BCUT2D eigenvalue weighted by atomic mass is 10.1. The second-order valence-corrected chi connectivity index (χ2v) is 11.6. The van der Waals surface area contributed by atoms with Crippen molar-refractivity contribution in [2.45, 2.75) is 38.3 Å². The van der Waals surface area contributed by atoms with E-state index in [2.05, 4.69) is 0 Å². The highest BCUT2D eigenvalue weighted by atomic mass is 35.5. The Labute approximate surface area is 264 Å². The number of imidazole rings is 1. The van der Waals surface area contributed by atoms with Crippen LogP contribution in [0.25, 0.3) is 11.0 Å². The predicted octanol–water partition coefficient (Wildman–Crippen LogP) is 5.10. The van der Waals surface area contributed by atoms with E-state index in [1.54, 1.807) is 31.6 Å². The molecule has 0 radical (unpaired) electrons. The molecule has 3 aliphatic rings. The number of carbonyl (C=O) groups is 1. The number of aromatic carboxylic acids is 1. The number of nitrogens with zero attached hydrogens (tertiary/aromatic N) is 5. The number of carboxylic acids is 1. The van der Waals surface area contributed by atoms with Gasteiger partial charge in [0.1, 0.15) is 29.2 Å². The summed E-state index contributed by atoms with van der Waals surface area (Å²) < 4.78 is 31.6. The maximum atomic E-state index is 11.8. The zero-order chi connectivity index (χ0) is 31.3. The second kappa shape index (κ2) is 11.4. The fourth-order valence-corrected chi connectivity index (χ4v) is 6.07. The fourth-order valence-electron chi connectivity index (χ4n) is 5.90. The van der Waals surface area contributed by atoms with Crippen molar-refractivity contribution in [3.05, 3.63) is 70.5 Å². The molecule has 0 aliphatic carbocycles. The number of methoxy groups -OCH3 is 2. The third kappa shape index (κ3) is 5.23. The number of aromatic nitrogens is 2. The Bertz CT molecular complexity index is 1820. The van der Waals surface area contributed by atoms with Crippen LogP contribution in [0.2, 0.25) is 5.02 Å². The molecule has 0 spiro atoms. The van der Waals surface area contributed by atoms with Gasteiger partial charge >= 0.3 is 5.97 Å². The maximum absolute atomic E-state index is 11.8. The van der Waals surface area contributed by atoms with E-state index in [0.717, 1.165) is 23.5 Å². The third-order valence-corrected chi connectivity index (χ3v) is 8.58. The number of hydrogen-bond donors (Lipinski definition) is 1. The molecular weight excluding hydrogens is 602 g/mol. The van der Waals surface area contributed by atoms with Gasteiger partial charge in [-0.3, -0.25) is 5.01 Å². The summed E-state index contributed by atoms with van der Waals surface area (Å²) >= 11 is 6.19. The van der Waals surface area contributed by atoms with Crippen molar-refractivity contribution >= 4 is 40.6 Å². The van der Waals surface area contributed by atoms with Crippen molar-refractivity contribution in [3.8, 4) is 23.0 Å². The lowest BCUT2D eigenvalue weighted by Gasteiger charge is -2.31. The monoisotopic (exact) mass is 633 g/mol. The topological polar surface area (TPSA) is 120 Å². The van der Waals surface area contributed by atoms with Crippen LogP contribution in [0.3, 0.4) is 0 Å². The number of anilines is 1. The van der Waals surface area contributed by atoms with Crippen molar-refractivity contribution in [1.82, 2.24) is 14.6 Å². The van der Waals surface area contributed by atoms with Gasteiger partial charge in [-0.25, -0.2) is 9.78 Å². The van der Waals surface area contributed by atoms with Gasteiger partial charge in [0.05, 0.1) is 62.3 Å². The number of para-hydroxylation sites is 1. The first-order valence-corrected chi connectivity index (χ1v) is 15.0. The van der Waals surface area contributed by atoms with Crippen LogP contribution in [0, 0.1) is 0 Å². The summed E-state index contributed by atoms with van der Waals surface area (Å²) in [7, 11) is 3.10. The first-order valence-electron chi connectivity index (χ1n) is 14.6. The molecule has 0 bridgehead atoms. The molecule has 234 valence electrons. The summed E-state index contributed by atoms with van der Waals surface area (Å²) in [4.78, 5) is 18.7. The van der Waals surface area contributed by atoms with Crippen LogP contribution >= 0.6 is 11.6 Å². The summed E-state index contributed by atoms with van der Waals surface area (Å²) in [6.45, 7) is 4.77. The maximum Gasteiger partial charge on any atom is 0.335 e. The summed E-state index contributed by atoms with van der Waals surface area (Å²) in [5.41, 5.74) is 2.99. The number of ether oxygens (including phenoxy) is 5. The van der Waals surface area contributed by atoms with Crippen LogP contribution in [0.4, 0.5) is 5.69 Å². The van der Waals surface area contributed by atoms with Gasteiger partial charge in [0.2, 0.25) is 0 Å². The molecule has 0 saturated carbocycles. The average Bonchev–Trinajstić information content (AvgIpc) is 3.55. The molecule has 3 aliphatic heterocycles. The average molecular weight is 634 g/mol. The molecule has 4 aromatic rings. The second-order valence-electron chi connectivity index (χ2n) is 11.2. The number of benzene rings is 3. The van der Waals surface area contributed by atoms with Gasteiger partial charge in [-0.2, -0.15) is 5.10 Å². The minimum Gasteiger partial charge on any atom is -0.496 e. The number of carboxylic acid groups (broad SMARTS) is 1. The fraction of sp³-hybridized carbons (Fsp3) is 0.344. The molecule has 4 heterocycles. The Kier molecular flexibility index (Phi) is 7.33. The van der Waals surface area contributed by atoms with Crippen molar-refractivity contribution < 1.29 is 33.6 Å². The number of hydrogen-bond acceptors (Lipinski definition) is 10. The van der Waals surface area contributed by atoms with Gasteiger partial charge in [-0.05, 0) is 48.9 Å². The smallest absolute Gasteiger partial charge is 0.335 e. The Morgan fingerprint density at radius 2 is 1.93 bits per heavy atom. The Morgan fingerprint density at radius 1 is 1.11 bits per heavy atom. The highest BCUT2D eigenvalue weighted by Gasteiger charge is 2.43. The largest absolute Gasteiger partial charge is 0.496 e. The minimum atomic E-state index is -1.11. The van der Waals surface area contributed by atoms with Gasteiger partial charge in [0.15, 0.2) is 11.5 Å². The summed E-state index contributed by atoms with van der Waals surface area (Å²) in [6, 6.07) is 14.3. The Balaban J connectivity index is 1.14. The van der Waals surface area contributed by atoms with E-state index in [-0.39, 0.29) is 11.7 Å². The lowest BCUT2D eigenvalue weighted by molar-refractivity contribution is -0.0693. The molecular formula is C32H32ClN5O7. The molecule has 1 N–H and O–H groups in total. The molecule has 0 amide bonds. The summed E-state index contributed by atoms with van der Waals surface area (Å²) in [6.07, 6.45) is 2.75. The number of fused-ring (bicyclic) bond motifs is 2. The number of halogens is 1. The van der Waals surface area contributed by atoms with Crippen molar-refractivity contribution in [1.29, 1.82) is 0 Å². The van der Waals surface area contributed by atoms with E-state index in [1.165, 1.54) is 13.2 Å². The van der Waals surface area contributed by atoms with E-state index in [0.29, 0.717) is 71.8 Å². The highest BCUT2D eigenvalue weighted by Crippen LogP contribution is 2.51. The van der Waals surface area contributed by atoms with Crippen molar-refractivity contribution in [2.24, 2.45) is 5.10 Å². The zero-order valence-corrected chi connectivity index (χ0v) is 25.8. The van der Waals surface area contributed by atoms with Gasteiger partial charge in [-0.1, -0.05) is 17.7 Å². The van der Waals surface area contributed by atoms with Crippen LogP contribution in [-0.4, -0.2) is 72.0 Å². The lowest BCUT2D eigenvalue weighted by Crippen LogP contribution is -2.38. The highest BCUT2D eigenvalue weighted by molar-refractivity contribution is 6.30. The van der Waals surface area contributed by atoms with Crippen molar-refractivity contribution in [2.75, 3.05) is 38.8 Å². The van der Waals surface area contributed by atoms with Crippen molar-refractivity contribution in [3.63, 3.8) is 0 Å². The summed E-state index contributed by atoms with van der Waals surface area (Å²) in [5, 5.41) is 16.9. The Morgan fingerprint density at radius 3 is 2.62 bits per heavy atom. The van der Waals surface area contributed by atoms with E-state index in [9.17, 15) is 9.90 Å². The quantitative estimate of drug-likeness (QED) is 0.266. The van der Waals surface area contributed by atoms with E-state index in [4.69, 9.17) is 45.4 Å². The number of hydrazone groups is 1. The van der Waals surface area contributed by atoms with Gasteiger partial charge in [0, 0.05) is 25.1 Å². The Hall–Kier alpha value is -4.68. The summed E-state index contributed by atoms with van der Waals surface area (Å²) in [5.74, 6) is 0.816. The van der Waals surface area contributed by atoms with Crippen LogP contribution in [-0.2, 0) is 23.6 Å². The first-order chi connectivity index (χ1) is 21.8. The number of rotatable bonds is 9. The molecule has 2 atom stereocenters. The molecule has 1 fully saturated rings. The molecule has 13 heteroatoms. The third-order valence-electron chi connectivity index (χ3n) is 8.34. The van der Waals surface area contributed by atoms with Crippen LogP contribution in [0.5, 0.6) is 23.0 Å². The molecule has 7 rings (SSSR count). The molecule has 12 nitrogen and oxygen atoms in total. The normalized spacial score (nSPS) is 20.4. The van der Waals surface area contributed by atoms with E-state index >= 15 is 0 Å². The van der Waals surface area contributed by atoms with Gasteiger partial charge in [-0.15, -0.1) is 0 Å². The van der Waals surface area contributed by atoms with Gasteiger partial charge in [0.25, 0.3) is 5.79 Å². The van der Waals surface area contributed by atoms with Crippen LogP contribution in [0.15, 0.2) is 53.6 Å². The molecule has 1 saturated heterocycles. The van der Waals surface area contributed by atoms with Gasteiger partial charge < -0.3 is 38.3 Å². The van der Waals surface area contributed by atoms with Crippen LogP contribution < -0.4 is 23.8 Å². The SMILES string of the molecule is COc1cc(Cl)ccc1C1(C)Oc2cccc(N3C=NN(Cc4nc5c(OC)cc(C(=O)O)cc5n4C[C@@H]4CCO4)CC3)c2O1. The molecule has 1 unspecified atom stereocenters. The predicted molar refractivity (Wildman–Crippen MR) is 167 cm³/mol. The zero-order valence-electron chi connectivity index (χ0n) is 25.0. The van der Waals surface area contributed by atoms with E-state index in [1.807, 2.05) is 45.7 Å². The van der Waals surface area contributed by atoms with Crippen LogP contribution in [0.1, 0.15) is 35.1 Å². The molecule has 3 aromatic carbocycles. The molecule has 45 heavy (non-hydrogen) atoms. The molecule has 1 aromatic heterocycles. The first kappa shape index (κ1) is 29.1. The minimum absolute atomic E-state index is 0.0434. The van der Waals surface area contributed by atoms with E-state index < -0.39 is 11.8 Å².